The van der Waals surface area contributed by atoms with Crippen molar-refractivity contribution >= 4 is 5.97 Å². The first-order chi connectivity index (χ1) is 40.6. The molecule has 0 spiro atoms. The molecule has 11 atom stereocenters. The summed E-state index contributed by atoms with van der Waals surface area (Å²) in [7, 11) is 0. The van der Waals surface area contributed by atoms with Crippen molar-refractivity contribution in [1.29, 1.82) is 0 Å². The molecule has 14 heteroatoms. The smallest absolute Gasteiger partial charge is 0.306 e. The maximum atomic E-state index is 13.1. The number of aliphatic hydroxyl groups excluding tert-OH is 7. The molecule has 7 N–H and O–H groups in total. The van der Waals surface area contributed by atoms with Crippen molar-refractivity contribution < 1.29 is 69.0 Å². The molecule has 0 amide bonds. The number of hydrogen-bond acceptors (Lipinski definition) is 14. The number of unbranched alkanes of at least 4 members (excludes halogenated alkanes) is 5. The van der Waals surface area contributed by atoms with Crippen molar-refractivity contribution in [3.63, 3.8) is 0 Å². The number of carbonyl (C=O) groups is 1. The summed E-state index contributed by atoms with van der Waals surface area (Å²) < 4.78 is 34.3. The van der Waals surface area contributed by atoms with Crippen LogP contribution in [-0.4, -0.2) is 142 Å². The number of aliphatic hydroxyl groups is 7. The predicted octanol–water partition coefficient (Wildman–Crippen LogP) is 12.0. The van der Waals surface area contributed by atoms with E-state index in [0.717, 1.165) is 122 Å². The van der Waals surface area contributed by atoms with Gasteiger partial charge in [0.05, 0.1) is 26.4 Å². The average Bonchev–Trinajstić information content (AvgIpc) is 3.69. The number of rotatable bonds is 47. The quantitative estimate of drug-likeness (QED) is 0.0172. The zero-order chi connectivity index (χ0) is 60.1. The van der Waals surface area contributed by atoms with Crippen LogP contribution in [0.25, 0.3) is 0 Å². The molecule has 2 rings (SSSR count). The standard InChI is InChI=1S/C69H106O14/c1-3-5-7-9-11-13-15-17-19-21-23-25-27-28-29-31-33-35-37-39-41-43-45-47-49-51-53-78-55-58(56-79-68-67(77)65(75)63(73)60(83-68)57-80-69-66(76)64(74)62(72)59(54-70)82-69)81-61(71)52-50-48-46-44-42-40-38-36-34-32-30-26-24-22-20-18-16-14-12-10-8-6-4-2/h5-8,11-14,17-20,23-26,28-29,32-35,38-41,44,46,58-60,62-70,72-77H,3-4,9-10,15-16,21-22,27,30-31,36-37,42-43,45,47-57H2,1-2H3/b7-5-,8-6-,13-11-,14-12-,19-17-,20-18-,25-23-,26-24-,29-28-,34-32-,35-33-,40-38-,41-39-,46-44-. The minimum absolute atomic E-state index is 0.00653. The van der Waals surface area contributed by atoms with Crippen LogP contribution in [-0.2, 0) is 33.2 Å². The maximum Gasteiger partial charge on any atom is 0.306 e. The highest BCUT2D eigenvalue weighted by molar-refractivity contribution is 5.69. The molecule has 14 nitrogen and oxygen atoms in total. The third kappa shape index (κ3) is 38.8. The largest absolute Gasteiger partial charge is 0.457 e. The number of hydrogen-bond donors (Lipinski definition) is 7. The summed E-state index contributed by atoms with van der Waals surface area (Å²) >= 11 is 0. The van der Waals surface area contributed by atoms with E-state index in [1.54, 1.807) is 0 Å². The minimum atomic E-state index is -1.74. The highest BCUT2D eigenvalue weighted by Crippen LogP contribution is 2.26. The first-order valence-electron chi connectivity index (χ1n) is 30.7. The van der Waals surface area contributed by atoms with Crippen LogP contribution in [0.4, 0.5) is 0 Å². The lowest BCUT2D eigenvalue weighted by molar-refractivity contribution is -0.332. The van der Waals surface area contributed by atoms with Gasteiger partial charge in [-0.1, -0.05) is 197 Å². The number of esters is 1. The molecule has 466 valence electrons. The Balaban J connectivity index is 1.76. The van der Waals surface area contributed by atoms with E-state index in [9.17, 15) is 40.5 Å². The zero-order valence-corrected chi connectivity index (χ0v) is 50.1. The summed E-state index contributed by atoms with van der Waals surface area (Å²) in [5.41, 5.74) is 0. The van der Waals surface area contributed by atoms with Crippen molar-refractivity contribution in [2.24, 2.45) is 0 Å². The second kappa shape index (κ2) is 52.9. The fraction of sp³-hybridized carbons (Fsp3) is 0.580. The third-order valence-corrected chi connectivity index (χ3v) is 13.2. The van der Waals surface area contributed by atoms with Gasteiger partial charge in [0, 0.05) is 13.0 Å². The van der Waals surface area contributed by atoms with Gasteiger partial charge in [-0.25, -0.2) is 0 Å². The maximum absolute atomic E-state index is 13.1. The normalized spacial score (nSPS) is 24.6. The fourth-order valence-corrected chi connectivity index (χ4v) is 8.37. The lowest BCUT2D eigenvalue weighted by Crippen LogP contribution is -2.61. The number of ether oxygens (including phenoxy) is 6. The van der Waals surface area contributed by atoms with Crippen LogP contribution in [0, 0.1) is 0 Å². The van der Waals surface area contributed by atoms with Crippen molar-refractivity contribution in [3.8, 4) is 0 Å². The molecule has 2 saturated heterocycles. The molecule has 0 saturated carbocycles. The van der Waals surface area contributed by atoms with Crippen molar-refractivity contribution in [3.05, 3.63) is 170 Å². The second-order valence-electron chi connectivity index (χ2n) is 20.4. The van der Waals surface area contributed by atoms with Crippen molar-refractivity contribution in [2.75, 3.05) is 33.0 Å². The van der Waals surface area contributed by atoms with E-state index in [0.29, 0.717) is 19.4 Å². The molecule has 0 aromatic heterocycles. The first kappa shape index (κ1) is 74.5. The Morgan fingerprint density at radius 1 is 0.398 bits per heavy atom. The van der Waals surface area contributed by atoms with Crippen LogP contribution in [0.2, 0.25) is 0 Å². The molecule has 0 aromatic rings. The topological polar surface area (TPSA) is 214 Å². The summed E-state index contributed by atoms with van der Waals surface area (Å²) in [4.78, 5) is 13.1. The number of allylic oxidation sites excluding steroid dienone is 28. The summed E-state index contributed by atoms with van der Waals surface area (Å²) in [6.45, 7) is 3.28. The van der Waals surface area contributed by atoms with E-state index in [1.165, 1.54) is 0 Å². The fourth-order valence-electron chi connectivity index (χ4n) is 8.37. The zero-order valence-electron chi connectivity index (χ0n) is 50.1. The summed E-state index contributed by atoms with van der Waals surface area (Å²) in [6.07, 6.45) is 64.1. The van der Waals surface area contributed by atoms with Crippen LogP contribution in [0.1, 0.15) is 155 Å². The van der Waals surface area contributed by atoms with E-state index < -0.39 is 86.7 Å². The first-order valence-corrected chi connectivity index (χ1v) is 30.7. The van der Waals surface area contributed by atoms with E-state index in [2.05, 4.69) is 178 Å². The van der Waals surface area contributed by atoms with Gasteiger partial charge in [-0.05, 0) is 122 Å². The van der Waals surface area contributed by atoms with Gasteiger partial charge < -0.3 is 64.2 Å². The molecule has 0 aromatic carbocycles. The van der Waals surface area contributed by atoms with Gasteiger partial charge in [0.25, 0.3) is 0 Å². The Labute approximate surface area is 498 Å². The molecule has 0 aliphatic carbocycles. The monoisotopic (exact) mass is 1160 g/mol. The Bertz CT molecular complexity index is 2020. The van der Waals surface area contributed by atoms with Gasteiger partial charge in [0.1, 0.15) is 54.9 Å². The van der Waals surface area contributed by atoms with Crippen molar-refractivity contribution in [2.45, 2.75) is 223 Å². The summed E-state index contributed by atoms with van der Waals surface area (Å²) in [5, 5.41) is 72.5. The highest BCUT2D eigenvalue weighted by atomic mass is 16.7. The Morgan fingerprint density at radius 3 is 1.16 bits per heavy atom. The average molecular weight is 1160 g/mol. The number of carbonyl (C=O) groups excluding carboxylic acids is 1. The molecule has 0 bridgehead atoms. The molecule has 83 heavy (non-hydrogen) atoms. The summed E-state index contributed by atoms with van der Waals surface area (Å²) in [6, 6.07) is 0. The molecule has 0 radical (unpaired) electrons. The van der Waals surface area contributed by atoms with E-state index >= 15 is 0 Å². The van der Waals surface area contributed by atoms with E-state index in [-0.39, 0.29) is 19.6 Å². The lowest BCUT2D eigenvalue weighted by Gasteiger charge is -2.42. The molecule has 2 aliphatic rings. The Morgan fingerprint density at radius 2 is 0.747 bits per heavy atom. The predicted molar refractivity (Wildman–Crippen MR) is 334 cm³/mol. The third-order valence-electron chi connectivity index (χ3n) is 13.2. The van der Waals surface area contributed by atoms with Gasteiger partial charge in [-0.2, -0.15) is 0 Å². The van der Waals surface area contributed by atoms with Crippen LogP contribution in [0.3, 0.4) is 0 Å². The highest BCUT2D eigenvalue weighted by Gasteiger charge is 2.47. The van der Waals surface area contributed by atoms with Gasteiger partial charge in [0.2, 0.25) is 0 Å². The van der Waals surface area contributed by atoms with Crippen LogP contribution in [0.5, 0.6) is 0 Å². The molecular weight excluding hydrogens is 1050 g/mol. The van der Waals surface area contributed by atoms with Gasteiger partial charge in [-0.15, -0.1) is 0 Å². The Hall–Kier alpha value is -4.65. The minimum Gasteiger partial charge on any atom is -0.457 e. The molecule has 11 unspecified atom stereocenters. The molecular formula is C69H106O14. The lowest BCUT2D eigenvalue weighted by atomic mass is 9.98. The Kier molecular flexibility index (Phi) is 47.4. The molecule has 2 fully saturated rings. The van der Waals surface area contributed by atoms with Gasteiger partial charge >= 0.3 is 5.97 Å². The molecule has 2 aliphatic heterocycles. The van der Waals surface area contributed by atoms with Gasteiger partial charge in [-0.3, -0.25) is 4.79 Å². The van der Waals surface area contributed by atoms with Crippen LogP contribution < -0.4 is 0 Å². The van der Waals surface area contributed by atoms with Crippen molar-refractivity contribution in [1.82, 2.24) is 0 Å². The van der Waals surface area contributed by atoms with E-state index in [1.807, 2.05) is 6.08 Å². The second-order valence-corrected chi connectivity index (χ2v) is 20.4. The SMILES string of the molecule is CC/C=C\C/C=C\C/C=C\C/C=C\C/C=C\C/C=C\C/C=C\CCCCCCOCC(COC1OC(COC2OC(CO)C(O)C(O)C2O)C(O)C(O)C1O)OC(=O)CCC/C=C\C/C=C\C/C=C\C/C=C\C/C=C\C/C=C\C/C=C\CC. The van der Waals surface area contributed by atoms with E-state index in [4.69, 9.17) is 28.4 Å². The molecule has 2 heterocycles. The van der Waals surface area contributed by atoms with Crippen LogP contribution in [0.15, 0.2) is 170 Å². The van der Waals surface area contributed by atoms with Crippen LogP contribution >= 0.6 is 0 Å². The summed E-state index contributed by atoms with van der Waals surface area (Å²) in [5.74, 6) is -0.451. The van der Waals surface area contributed by atoms with Gasteiger partial charge in [0.15, 0.2) is 12.6 Å².